The number of benzene rings is 1. The van der Waals surface area contributed by atoms with E-state index in [-0.39, 0.29) is 18.0 Å². The standard InChI is InChI=1S/C15H20N2O4S/c1-22(21)13-4-2-3-12(9-13)17-15(20)16-11-7-5-10(6-8-11)14(18)19/h2-4,9-11H,5-8H2,1H3,(H,18,19)(H2,16,17,20)/t10?,11?,22-/m0/s1. The second-order valence-corrected chi connectivity index (χ2v) is 6.85. The number of hydrogen-bond donors (Lipinski definition) is 3. The van der Waals surface area contributed by atoms with Gasteiger partial charge in [0.1, 0.15) is 0 Å². The number of amides is 2. The Hall–Kier alpha value is -1.89. The zero-order valence-corrected chi connectivity index (χ0v) is 13.2. The average Bonchev–Trinajstić information content (AvgIpc) is 2.47. The summed E-state index contributed by atoms with van der Waals surface area (Å²) in [5.41, 5.74) is 0.587. The molecular weight excluding hydrogens is 304 g/mol. The third-order valence-corrected chi connectivity index (χ3v) is 4.75. The molecule has 120 valence electrons. The molecule has 0 bridgehead atoms. The molecule has 1 aromatic carbocycles. The number of urea groups is 1. The van der Waals surface area contributed by atoms with Crippen LogP contribution in [0.4, 0.5) is 10.5 Å². The molecule has 0 aliphatic heterocycles. The van der Waals surface area contributed by atoms with E-state index in [0.717, 1.165) is 0 Å². The minimum Gasteiger partial charge on any atom is -0.481 e. The summed E-state index contributed by atoms with van der Waals surface area (Å²) >= 11 is 0. The van der Waals surface area contributed by atoms with Crippen molar-refractivity contribution in [3.63, 3.8) is 0 Å². The third-order valence-electron chi connectivity index (χ3n) is 3.84. The molecule has 0 unspecified atom stereocenters. The number of anilines is 1. The molecule has 1 fully saturated rings. The predicted molar refractivity (Wildman–Crippen MR) is 84.3 cm³/mol. The Balaban J connectivity index is 1.85. The number of nitrogens with one attached hydrogen (secondary N) is 2. The van der Waals surface area contributed by atoms with Crippen LogP contribution in [-0.4, -0.2) is 33.6 Å². The van der Waals surface area contributed by atoms with E-state index in [2.05, 4.69) is 10.6 Å². The molecule has 0 saturated heterocycles. The van der Waals surface area contributed by atoms with Crippen LogP contribution in [0.1, 0.15) is 25.7 Å². The highest BCUT2D eigenvalue weighted by Gasteiger charge is 2.26. The zero-order valence-electron chi connectivity index (χ0n) is 12.4. The van der Waals surface area contributed by atoms with Gasteiger partial charge in [0.25, 0.3) is 0 Å². The monoisotopic (exact) mass is 324 g/mol. The first-order chi connectivity index (χ1) is 10.5. The molecule has 6 nitrogen and oxygen atoms in total. The molecule has 2 amide bonds. The van der Waals surface area contributed by atoms with Gasteiger partial charge in [-0.3, -0.25) is 9.00 Å². The molecule has 0 aromatic heterocycles. The highest BCUT2D eigenvalue weighted by atomic mass is 32.2. The molecule has 7 heteroatoms. The summed E-state index contributed by atoms with van der Waals surface area (Å²) in [6, 6.07) is 6.57. The fourth-order valence-corrected chi connectivity index (χ4v) is 3.15. The van der Waals surface area contributed by atoms with Crippen LogP contribution in [0.25, 0.3) is 0 Å². The SMILES string of the molecule is C[S@](=O)c1cccc(NC(=O)NC2CCC(C(=O)O)CC2)c1. The van der Waals surface area contributed by atoms with Crippen LogP contribution < -0.4 is 10.6 Å². The predicted octanol–water partition coefficient (Wildman–Crippen LogP) is 2.19. The van der Waals surface area contributed by atoms with Gasteiger partial charge in [0.2, 0.25) is 0 Å². The van der Waals surface area contributed by atoms with Gasteiger partial charge in [-0.05, 0) is 43.9 Å². The maximum atomic E-state index is 12.0. The van der Waals surface area contributed by atoms with Crippen molar-refractivity contribution >= 4 is 28.5 Å². The van der Waals surface area contributed by atoms with Crippen LogP contribution in [-0.2, 0) is 15.6 Å². The Kier molecular flexibility index (Phi) is 5.54. The number of carboxylic acid groups (broad SMARTS) is 1. The van der Waals surface area contributed by atoms with Crippen LogP contribution >= 0.6 is 0 Å². The van der Waals surface area contributed by atoms with Crippen LogP contribution in [0.2, 0.25) is 0 Å². The summed E-state index contributed by atoms with van der Waals surface area (Å²) in [6.45, 7) is 0. The van der Waals surface area contributed by atoms with Gasteiger partial charge in [0, 0.05) is 33.7 Å². The van der Waals surface area contributed by atoms with Gasteiger partial charge in [-0.2, -0.15) is 0 Å². The van der Waals surface area contributed by atoms with E-state index >= 15 is 0 Å². The van der Waals surface area contributed by atoms with Crippen molar-refractivity contribution in [3.8, 4) is 0 Å². The molecule has 1 aliphatic carbocycles. The summed E-state index contributed by atoms with van der Waals surface area (Å²) in [4.78, 5) is 23.5. The molecule has 22 heavy (non-hydrogen) atoms. The minimum absolute atomic E-state index is 0.000843. The maximum Gasteiger partial charge on any atom is 0.319 e. The first-order valence-electron chi connectivity index (χ1n) is 7.19. The van der Waals surface area contributed by atoms with Gasteiger partial charge >= 0.3 is 12.0 Å². The van der Waals surface area contributed by atoms with E-state index in [1.807, 2.05) is 0 Å². The van der Waals surface area contributed by atoms with Crippen LogP contribution in [0.15, 0.2) is 29.2 Å². The number of carboxylic acids is 1. The summed E-state index contributed by atoms with van der Waals surface area (Å²) < 4.78 is 11.4. The fraction of sp³-hybridized carbons (Fsp3) is 0.467. The molecule has 1 atom stereocenters. The number of carbonyl (C=O) groups is 2. The van der Waals surface area contributed by atoms with Gasteiger partial charge in [-0.25, -0.2) is 4.79 Å². The second-order valence-electron chi connectivity index (χ2n) is 5.47. The van der Waals surface area contributed by atoms with Gasteiger partial charge in [0.05, 0.1) is 5.92 Å². The van der Waals surface area contributed by atoms with Crippen molar-refractivity contribution in [2.24, 2.45) is 5.92 Å². The van der Waals surface area contributed by atoms with E-state index in [9.17, 15) is 13.8 Å². The maximum absolute atomic E-state index is 12.0. The van der Waals surface area contributed by atoms with Gasteiger partial charge < -0.3 is 15.7 Å². The first-order valence-corrected chi connectivity index (χ1v) is 8.75. The summed E-state index contributed by atoms with van der Waals surface area (Å²) in [6.07, 6.45) is 4.10. The normalized spacial score (nSPS) is 22.6. The van der Waals surface area contributed by atoms with Crippen molar-refractivity contribution < 1.29 is 18.9 Å². The minimum atomic E-state index is -1.10. The summed E-state index contributed by atoms with van der Waals surface area (Å²) in [7, 11) is -1.10. The third kappa shape index (κ3) is 4.56. The van der Waals surface area contributed by atoms with Crippen molar-refractivity contribution in [1.29, 1.82) is 0 Å². The van der Waals surface area contributed by atoms with Crippen molar-refractivity contribution in [2.75, 3.05) is 11.6 Å². The molecule has 1 saturated carbocycles. The van der Waals surface area contributed by atoms with Gasteiger partial charge in [-0.15, -0.1) is 0 Å². The van der Waals surface area contributed by atoms with E-state index in [1.54, 1.807) is 30.5 Å². The topological polar surface area (TPSA) is 95.5 Å². The lowest BCUT2D eigenvalue weighted by Gasteiger charge is -2.26. The molecule has 3 N–H and O–H groups in total. The molecular formula is C15H20N2O4S. The molecule has 1 aliphatic rings. The lowest BCUT2D eigenvalue weighted by atomic mass is 9.86. The fourth-order valence-electron chi connectivity index (χ4n) is 2.59. The van der Waals surface area contributed by atoms with Crippen LogP contribution in [0.3, 0.4) is 0 Å². The lowest BCUT2D eigenvalue weighted by molar-refractivity contribution is -0.142. The largest absolute Gasteiger partial charge is 0.481 e. The number of carbonyl (C=O) groups excluding carboxylic acids is 1. The molecule has 1 aromatic rings. The van der Waals surface area contributed by atoms with E-state index in [1.165, 1.54) is 0 Å². The quantitative estimate of drug-likeness (QED) is 0.791. The highest BCUT2D eigenvalue weighted by molar-refractivity contribution is 7.84. The van der Waals surface area contributed by atoms with Gasteiger partial charge in [-0.1, -0.05) is 6.07 Å². The molecule has 0 heterocycles. The van der Waals surface area contributed by atoms with E-state index in [0.29, 0.717) is 36.3 Å². The lowest BCUT2D eigenvalue weighted by Crippen LogP contribution is -2.40. The van der Waals surface area contributed by atoms with Crippen molar-refractivity contribution in [1.82, 2.24) is 5.32 Å². The Morgan fingerprint density at radius 1 is 1.23 bits per heavy atom. The smallest absolute Gasteiger partial charge is 0.319 e. The molecule has 0 spiro atoms. The van der Waals surface area contributed by atoms with E-state index in [4.69, 9.17) is 5.11 Å². The summed E-state index contributed by atoms with van der Waals surface area (Å²) in [5.74, 6) is -1.05. The number of aliphatic carboxylic acids is 1. The van der Waals surface area contributed by atoms with Crippen LogP contribution in [0.5, 0.6) is 0 Å². The van der Waals surface area contributed by atoms with E-state index < -0.39 is 16.8 Å². The molecule has 0 radical (unpaired) electrons. The van der Waals surface area contributed by atoms with Crippen molar-refractivity contribution in [2.45, 2.75) is 36.6 Å². The van der Waals surface area contributed by atoms with Crippen LogP contribution in [0, 0.1) is 5.92 Å². The number of hydrogen-bond acceptors (Lipinski definition) is 3. The Bertz CT molecular complexity index is 583. The first kappa shape index (κ1) is 16.5. The highest BCUT2D eigenvalue weighted by Crippen LogP contribution is 2.24. The Morgan fingerprint density at radius 2 is 1.91 bits per heavy atom. The summed E-state index contributed by atoms with van der Waals surface area (Å²) in [5, 5.41) is 14.5. The Morgan fingerprint density at radius 3 is 2.50 bits per heavy atom. The number of rotatable bonds is 4. The second kappa shape index (κ2) is 7.40. The average molecular weight is 324 g/mol. The van der Waals surface area contributed by atoms with Gasteiger partial charge in [0.15, 0.2) is 0 Å². The Labute approximate surface area is 131 Å². The molecule has 2 rings (SSSR count). The zero-order chi connectivity index (χ0) is 16.1. The van der Waals surface area contributed by atoms with Crippen molar-refractivity contribution in [3.05, 3.63) is 24.3 Å².